The number of nitrogen functional groups attached to an aromatic ring is 1. The van der Waals surface area contributed by atoms with Crippen molar-refractivity contribution in [3.63, 3.8) is 0 Å². The van der Waals surface area contributed by atoms with E-state index in [1.165, 1.54) is 26.4 Å². The maximum atomic E-state index is 12.2. The average molecular weight is 320 g/mol. The number of H-pyrrole nitrogens is 1. The number of methoxy groups -OCH3 is 2. The number of nitro groups is 1. The van der Waals surface area contributed by atoms with Crippen molar-refractivity contribution in [1.82, 2.24) is 9.97 Å². The summed E-state index contributed by atoms with van der Waals surface area (Å²) in [6.07, 6.45) is -0.633. The minimum atomic E-state index is -0.840. The monoisotopic (exact) mass is 320 g/mol. The van der Waals surface area contributed by atoms with Crippen LogP contribution in [0.5, 0.6) is 0 Å². The highest BCUT2D eigenvalue weighted by Crippen LogP contribution is 2.21. The molecule has 2 aromatic rings. The summed E-state index contributed by atoms with van der Waals surface area (Å²) in [6, 6.07) is 5.90. The van der Waals surface area contributed by atoms with E-state index in [-0.39, 0.29) is 23.8 Å². The van der Waals surface area contributed by atoms with Gasteiger partial charge < -0.3 is 15.2 Å². The maximum Gasteiger partial charge on any atom is 0.269 e. The van der Waals surface area contributed by atoms with Crippen LogP contribution in [0.25, 0.3) is 0 Å². The summed E-state index contributed by atoms with van der Waals surface area (Å²) in [5.41, 5.74) is 6.44. The Morgan fingerprint density at radius 3 is 2.43 bits per heavy atom. The fourth-order valence-electron chi connectivity index (χ4n) is 2.16. The molecule has 0 aliphatic heterocycles. The van der Waals surface area contributed by atoms with Crippen molar-refractivity contribution in [2.75, 3.05) is 20.0 Å². The van der Waals surface area contributed by atoms with Gasteiger partial charge in [-0.25, -0.2) is 4.98 Å². The van der Waals surface area contributed by atoms with Gasteiger partial charge in [0, 0.05) is 38.3 Å². The first-order valence-corrected chi connectivity index (χ1v) is 6.63. The number of hydrogen-bond donors (Lipinski definition) is 2. The Hall–Kier alpha value is -2.78. The minimum Gasteiger partial charge on any atom is -0.369 e. The molecule has 1 heterocycles. The molecule has 0 amide bonds. The van der Waals surface area contributed by atoms with Crippen LogP contribution in [0, 0.1) is 10.1 Å². The van der Waals surface area contributed by atoms with E-state index in [0.717, 1.165) is 0 Å². The number of non-ortho nitro benzene ring substituents is 1. The number of ether oxygens (including phenoxy) is 2. The Bertz CT molecular complexity index is 753. The van der Waals surface area contributed by atoms with Crippen LogP contribution in [-0.2, 0) is 15.9 Å². The lowest BCUT2D eigenvalue weighted by molar-refractivity contribution is -0.384. The first kappa shape index (κ1) is 16.6. The number of aromatic nitrogens is 2. The molecule has 0 radical (unpaired) electrons. The molecular weight excluding hydrogens is 304 g/mol. The van der Waals surface area contributed by atoms with Gasteiger partial charge in [-0.2, -0.15) is 0 Å². The Labute approximate surface area is 131 Å². The van der Waals surface area contributed by atoms with Crippen molar-refractivity contribution in [2.45, 2.75) is 12.7 Å². The van der Waals surface area contributed by atoms with Crippen LogP contribution in [0.3, 0.4) is 0 Å². The van der Waals surface area contributed by atoms with Gasteiger partial charge in [0.15, 0.2) is 0 Å². The summed E-state index contributed by atoms with van der Waals surface area (Å²) in [6.45, 7) is 0. The number of aromatic amines is 1. The van der Waals surface area contributed by atoms with Gasteiger partial charge in [0.25, 0.3) is 11.2 Å². The summed E-state index contributed by atoms with van der Waals surface area (Å²) < 4.78 is 10.3. The van der Waals surface area contributed by atoms with Crippen LogP contribution < -0.4 is 11.3 Å². The number of benzene rings is 1. The standard InChI is InChI=1S/C14H16N4O5/c1-22-13(23-2)11-10(12(19)17-14(15)16-11)7-8-3-5-9(6-4-8)18(20)21/h3-6,13H,7H2,1-2H3,(H3,15,16,17,19). The van der Waals surface area contributed by atoms with Gasteiger partial charge >= 0.3 is 0 Å². The average Bonchev–Trinajstić information content (AvgIpc) is 2.52. The molecule has 0 atom stereocenters. The van der Waals surface area contributed by atoms with E-state index in [0.29, 0.717) is 11.1 Å². The van der Waals surface area contributed by atoms with Gasteiger partial charge in [0.2, 0.25) is 12.2 Å². The van der Waals surface area contributed by atoms with E-state index in [9.17, 15) is 14.9 Å². The lowest BCUT2D eigenvalue weighted by Gasteiger charge is -2.16. The van der Waals surface area contributed by atoms with Crippen LogP contribution in [0.2, 0.25) is 0 Å². The van der Waals surface area contributed by atoms with Crippen LogP contribution in [0.4, 0.5) is 11.6 Å². The van der Waals surface area contributed by atoms with Gasteiger partial charge in [-0.15, -0.1) is 0 Å². The lowest BCUT2D eigenvalue weighted by Crippen LogP contribution is -2.23. The van der Waals surface area contributed by atoms with Crippen molar-refractivity contribution in [3.05, 3.63) is 61.6 Å². The van der Waals surface area contributed by atoms with Crippen molar-refractivity contribution in [3.8, 4) is 0 Å². The largest absolute Gasteiger partial charge is 0.369 e. The summed E-state index contributed by atoms with van der Waals surface area (Å²) >= 11 is 0. The molecule has 1 aromatic carbocycles. The molecule has 2 rings (SSSR count). The van der Waals surface area contributed by atoms with Gasteiger partial charge in [-0.3, -0.25) is 19.9 Å². The first-order chi connectivity index (χ1) is 11.0. The molecule has 0 unspecified atom stereocenters. The molecule has 0 saturated heterocycles. The van der Waals surface area contributed by atoms with E-state index < -0.39 is 16.8 Å². The zero-order chi connectivity index (χ0) is 17.0. The summed E-state index contributed by atoms with van der Waals surface area (Å²) in [5, 5.41) is 10.7. The number of nitro benzene ring substituents is 1. The second-order valence-corrected chi connectivity index (χ2v) is 4.72. The Kier molecular flexibility index (Phi) is 5.04. The van der Waals surface area contributed by atoms with Crippen LogP contribution >= 0.6 is 0 Å². The zero-order valence-corrected chi connectivity index (χ0v) is 12.6. The molecule has 23 heavy (non-hydrogen) atoms. The number of rotatable bonds is 6. The van der Waals surface area contributed by atoms with Gasteiger partial charge in [-0.1, -0.05) is 12.1 Å². The van der Waals surface area contributed by atoms with E-state index >= 15 is 0 Å². The van der Waals surface area contributed by atoms with Crippen LogP contribution in [0.15, 0.2) is 29.1 Å². The highest BCUT2D eigenvalue weighted by atomic mass is 16.7. The molecule has 9 heteroatoms. The number of hydrogen-bond acceptors (Lipinski definition) is 7. The SMILES string of the molecule is COC(OC)c1nc(N)[nH]c(=O)c1Cc1ccc([N+](=O)[O-])cc1. The molecule has 0 saturated carbocycles. The number of nitrogens with zero attached hydrogens (tertiary/aromatic N) is 2. The van der Waals surface area contributed by atoms with Crippen molar-refractivity contribution in [1.29, 1.82) is 0 Å². The summed E-state index contributed by atoms with van der Waals surface area (Å²) in [5.74, 6) is -0.0449. The Balaban J connectivity index is 2.42. The second-order valence-electron chi connectivity index (χ2n) is 4.72. The molecule has 1 aromatic heterocycles. The Morgan fingerprint density at radius 1 is 1.30 bits per heavy atom. The molecule has 9 nitrogen and oxygen atoms in total. The second kappa shape index (κ2) is 6.99. The quantitative estimate of drug-likeness (QED) is 0.463. The van der Waals surface area contributed by atoms with Crippen molar-refractivity contribution in [2.24, 2.45) is 0 Å². The van der Waals surface area contributed by atoms with Crippen molar-refractivity contribution < 1.29 is 14.4 Å². The smallest absolute Gasteiger partial charge is 0.269 e. The molecular formula is C14H16N4O5. The number of anilines is 1. The molecule has 0 aliphatic rings. The topological polar surface area (TPSA) is 133 Å². The van der Waals surface area contributed by atoms with Gasteiger partial charge in [0.05, 0.1) is 4.92 Å². The van der Waals surface area contributed by atoms with Gasteiger partial charge in [0.1, 0.15) is 5.69 Å². The lowest BCUT2D eigenvalue weighted by atomic mass is 10.0. The highest BCUT2D eigenvalue weighted by Gasteiger charge is 2.20. The van der Waals surface area contributed by atoms with Gasteiger partial charge in [-0.05, 0) is 5.56 Å². The van der Waals surface area contributed by atoms with Crippen LogP contribution in [0.1, 0.15) is 23.1 Å². The number of nitrogens with one attached hydrogen (secondary N) is 1. The third-order valence-electron chi connectivity index (χ3n) is 3.25. The van der Waals surface area contributed by atoms with E-state index in [1.807, 2.05) is 0 Å². The summed E-state index contributed by atoms with van der Waals surface area (Å²) in [4.78, 5) is 28.9. The third kappa shape index (κ3) is 3.71. The molecule has 122 valence electrons. The highest BCUT2D eigenvalue weighted by molar-refractivity contribution is 5.37. The number of nitrogens with two attached hydrogens (primary N) is 1. The summed E-state index contributed by atoms with van der Waals surface area (Å²) in [7, 11) is 2.84. The molecule has 3 N–H and O–H groups in total. The molecule has 0 spiro atoms. The fraction of sp³-hybridized carbons (Fsp3) is 0.286. The molecule has 0 bridgehead atoms. The predicted molar refractivity (Wildman–Crippen MR) is 81.9 cm³/mol. The van der Waals surface area contributed by atoms with Crippen molar-refractivity contribution >= 4 is 11.6 Å². The first-order valence-electron chi connectivity index (χ1n) is 6.63. The predicted octanol–water partition coefficient (Wildman–Crippen LogP) is 1.14. The molecule has 0 fully saturated rings. The maximum absolute atomic E-state index is 12.2. The third-order valence-corrected chi connectivity index (χ3v) is 3.25. The van der Waals surface area contributed by atoms with E-state index in [2.05, 4.69) is 9.97 Å². The zero-order valence-electron chi connectivity index (χ0n) is 12.6. The molecule has 0 aliphatic carbocycles. The minimum absolute atomic E-state index is 0.0232. The van der Waals surface area contributed by atoms with E-state index in [4.69, 9.17) is 15.2 Å². The Morgan fingerprint density at radius 2 is 1.91 bits per heavy atom. The fourth-order valence-corrected chi connectivity index (χ4v) is 2.16. The normalized spacial score (nSPS) is 10.9. The van der Waals surface area contributed by atoms with E-state index in [1.54, 1.807) is 12.1 Å². The van der Waals surface area contributed by atoms with Crippen LogP contribution in [-0.4, -0.2) is 29.1 Å².